The van der Waals surface area contributed by atoms with Crippen LogP contribution < -0.4 is 10.6 Å². The molecule has 2 saturated heterocycles. The third-order valence-corrected chi connectivity index (χ3v) is 6.88. The van der Waals surface area contributed by atoms with E-state index in [9.17, 15) is 0 Å². The maximum Gasteiger partial charge on any atom is 0.191 e. The summed E-state index contributed by atoms with van der Waals surface area (Å²) in [5.74, 6) is 1.94. The van der Waals surface area contributed by atoms with Crippen molar-refractivity contribution in [1.82, 2.24) is 25.3 Å². The van der Waals surface area contributed by atoms with Crippen LogP contribution >= 0.6 is 24.0 Å². The monoisotopic (exact) mass is 506 g/mol. The quantitative estimate of drug-likeness (QED) is 0.340. The van der Waals surface area contributed by atoms with Crippen LogP contribution in [0.3, 0.4) is 0 Å². The number of aliphatic imine (C=N–C) groups is 1. The average Bonchev–Trinajstić information content (AvgIpc) is 2.69. The molecule has 1 saturated carbocycles. The van der Waals surface area contributed by atoms with Crippen molar-refractivity contribution in [3.05, 3.63) is 0 Å². The lowest BCUT2D eigenvalue weighted by Gasteiger charge is -2.38. The first-order chi connectivity index (χ1) is 13.1. The molecule has 3 rings (SSSR count). The van der Waals surface area contributed by atoms with E-state index in [0.29, 0.717) is 12.1 Å². The Labute approximate surface area is 189 Å². The van der Waals surface area contributed by atoms with Gasteiger partial charge < -0.3 is 20.4 Å². The highest BCUT2D eigenvalue weighted by molar-refractivity contribution is 14.0. The molecule has 3 aliphatic rings. The molecular formula is C21H43IN6. The Balaban J connectivity index is 0.00000280. The van der Waals surface area contributed by atoms with Crippen LogP contribution in [0.1, 0.15) is 44.9 Å². The van der Waals surface area contributed by atoms with Gasteiger partial charge in [-0.1, -0.05) is 19.3 Å². The van der Waals surface area contributed by atoms with E-state index in [1.54, 1.807) is 0 Å². The molecular weight excluding hydrogens is 463 g/mol. The SMILES string of the molecule is CN=C(NCC1CN(C)CCN1C)NC1CCN(CC2CCCCC2)CC1.I. The van der Waals surface area contributed by atoms with Gasteiger partial charge in [0.05, 0.1) is 0 Å². The molecule has 2 aliphatic heterocycles. The minimum atomic E-state index is 0. The van der Waals surface area contributed by atoms with Gasteiger partial charge in [-0.25, -0.2) is 0 Å². The standard InChI is InChI=1S/C21H42N6.HI/c1-22-21(23-15-20-17-25(2)13-14-26(20)3)24-19-9-11-27(12-10-19)16-18-7-5-4-6-8-18;/h18-20H,4-17H2,1-3H3,(H2,22,23,24);1H. The number of piperidine rings is 1. The Bertz CT molecular complexity index is 460. The third-order valence-electron chi connectivity index (χ3n) is 6.88. The first-order valence-corrected chi connectivity index (χ1v) is 11.2. The van der Waals surface area contributed by atoms with Gasteiger partial charge in [0.25, 0.3) is 0 Å². The molecule has 0 bridgehead atoms. The largest absolute Gasteiger partial charge is 0.355 e. The highest BCUT2D eigenvalue weighted by Crippen LogP contribution is 2.25. The van der Waals surface area contributed by atoms with Gasteiger partial charge in [0.2, 0.25) is 0 Å². The summed E-state index contributed by atoms with van der Waals surface area (Å²) in [6, 6.07) is 1.12. The zero-order valence-electron chi connectivity index (χ0n) is 18.3. The van der Waals surface area contributed by atoms with E-state index >= 15 is 0 Å². The Morgan fingerprint density at radius 3 is 2.36 bits per heavy atom. The number of likely N-dealkylation sites (tertiary alicyclic amines) is 1. The predicted molar refractivity (Wildman–Crippen MR) is 130 cm³/mol. The van der Waals surface area contributed by atoms with Gasteiger partial charge >= 0.3 is 0 Å². The summed E-state index contributed by atoms with van der Waals surface area (Å²) < 4.78 is 0. The lowest BCUT2D eigenvalue weighted by Crippen LogP contribution is -2.56. The van der Waals surface area contributed by atoms with E-state index in [4.69, 9.17) is 0 Å². The highest BCUT2D eigenvalue weighted by Gasteiger charge is 2.25. The lowest BCUT2D eigenvalue weighted by molar-refractivity contribution is 0.116. The van der Waals surface area contributed by atoms with Gasteiger partial charge in [0.15, 0.2) is 5.96 Å². The summed E-state index contributed by atoms with van der Waals surface area (Å²) >= 11 is 0. The molecule has 1 unspecified atom stereocenters. The summed E-state index contributed by atoms with van der Waals surface area (Å²) in [6.07, 6.45) is 9.76. The Kier molecular flexibility index (Phi) is 10.8. The van der Waals surface area contributed by atoms with Crippen LogP contribution in [0, 0.1) is 5.92 Å². The number of nitrogens with one attached hydrogen (secondary N) is 2. The van der Waals surface area contributed by atoms with Crippen molar-refractivity contribution >= 4 is 29.9 Å². The molecule has 0 amide bonds. The van der Waals surface area contributed by atoms with Gasteiger partial charge in [0, 0.05) is 64.9 Å². The fourth-order valence-corrected chi connectivity index (χ4v) is 4.92. The molecule has 3 fully saturated rings. The summed E-state index contributed by atoms with van der Waals surface area (Å²) in [4.78, 5) is 12.1. The van der Waals surface area contributed by atoms with E-state index in [1.165, 1.54) is 71.1 Å². The van der Waals surface area contributed by atoms with Crippen molar-refractivity contribution in [1.29, 1.82) is 0 Å². The van der Waals surface area contributed by atoms with E-state index in [-0.39, 0.29) is 24.0 Å². The lowest BCUT2D eigenvalue weighted by atomic mass is 9.88. The molecule has 0 aromatic rings. The van der Waals surface area contributed by atoms with E-state index in [0.717, 1.165) is 31.5 Å². The number of hydrogen-bond acceptors (Lipinski definition) is 4. The number of halogens is 1. The van der Waals surface area contributed by atoms with Crippen molar-refractivity contribution in [3.63, 3.8) is 0 Å². The van der Waals surface area contributed by atoms with Crippen molar-refractivity contribution in [2.24, 2.45) is 10.9 Å². The molecule has 0 spiro atoms. The summed E-state index contributed by atoms with van der Waals surface area (Å²) in [5.41, 5.74) is 0. The first-order valence-electron chi connectivity index (χ1n) is 11.2. The van der Waals surface area contributed by atoms with Crippen LogP contribution in [0.5, 0.6) is 0 Å². The second-order valence-corrected chi connectivity index (χ2v) is 9.07. The molecule has 2 N–H and O–H groups in total. The van der Waals surface area contributed by atoms with Crippen molar-refractivity contribution < 1.29 is 0 Å². The second kappa shape index (κ2) is 12.5. The summed E-state index contributed by atoms with van der Waals surface area (Å²) in [6.45, 7) is 8.21. The minimum absolute atomic E-state index is 0. The zero-order chi connectivity index (χ0) is 19.1. The highest BCUT2D eigenvalue weighted by atomic mass is 127. The van der Waals surface area contributed by atoms with E-state index in [2.05, 4.69) is 44.4 Å². The van der Waals surface area contributed by atoms with Gasteiger partial charge in [-0.15, -0.1) is 24.0 Å². The normalized spacial score (nSPS) is 27.4. The molecule has 1 aliphatic carbocycles. The molecule has 7 heteroatoms. The fraction of sp³-hybridized carbons (Fsp3) is 0.952. The molecule has 164 valence electrons. The smallest absolute Gasteiger partial charge is 0.191 e. The zero-order valence-corrected chi connectivity index (χ0v) is 20.7. The third kappa shape index (κ3) is 7.61. The Morgan fingerprint density at radius 1 is 0.964 bits per heavy atom. The van der Waals surface area contributed by atoms with Crippen molar-refractivity contribution in [3.8, 4) is 0 Å². The molecule has 28 heavy (non-hydrogen) atoms. The van der Waals surface area contributed by atoms with Crippen molar-refractivity contribution in [2.45, 2.75) is 57.0 Å². The maximum absolute atomic E-state index is 4.47. The summed E-state index contributed by atoms with van der Waals surface area (Å²) in [5, 5.41) is 7.25. The Morgan fingerprint density at radius 2 is 1.68 bits per heavy atom. The predicted octanol–water partition coefficient (Wildman–Crippen LogP) is 2.06. The molecule has 0 aromatic heterocycles. The van der Waals surface area contributed by atoms with Crippen LogP contribution in [0.15, 0.2) is 4.99 Å². The van der Waals surface area contributed by atoms with Crippen LogP contribution in [0.2, 0.25) is 0 Å². The molecule has 0 aromatic carbocycles. The molecule has 1 atom stereocenters. The molecule has 6 nitrogen and oxygen atoms in total. The molecule has 2 heterocycles. The number of guanidine groups is 1. The Hall–Kier alpha value is -0.120. The van der Waals surface area contributed by atoms with Crippen LogP contribution in [-0.2, 0) is 0 Å². The van der Waals surface area contributed by atoms with E-state index in [1.807, 2.05) is 7.05 Å². The van der Waals surface area contributed by atoms with Crippen molar-refractivity contribution in [2.75, 3.05) is 67.0 Å². The van der Waals surface area contributed by atoms with E-state index < -0.39 is 0 Å². The number of rotatable bonds is 5. The second-order valence-electron chi connectivity index (χ2n) is 9.07. The van der Waals surface area contributed by atoms with Crippen LogP contribution in [0.4, 0.5) is 0 Å². The number of piperazine rings is 1. The van der Waals surface area contributed by atoms with Gasteiger partial charge in [0.1, 0.15) is 0 Å². The fourth-order valence-electron chi connectivity index (χ4n) is 4.92. The average molecular weight is 507 g/mol. The van der Waals surface area contributed by atoms with Gasteiger partial charge in [-0.2, -0.15) is 0 Å². The number of hydrogen-bond donors (Lipinski definition) is 2. The number of likely N-dealkylation sites (N-methyl/N-ethyl adjacent to an activating group) is 2. The first kappa shape index (κ1) is 24.2. The molecule has 0 radical (unpaired) electrons. The maximum atomic E-state index is 4.47. The van der Waals surface area contributed by atoms with Gasteiger partial charge in [-0.05, 0) is 45.7 Å². The summed E-state index contributed by atoms with van der Waals surface area (Å²) in [7, 11) is 6.34. The van der Waals surface area contributed by atoms with Crippen LogP contribution in [-0.4, -0.2) is 99.7 Å². The topological polar surface area (TPSA) is 46.1 Å². The minimum Gasteiger partial charge on any atom is -0.355 e. The van der Waals surface area contributed by atoms with Crippen LogP contribution in [0.25, 0.3) is 0 Å². The number of nitrogens with zero attached hydrogens (tertiary/aromatic N) is 4. The van der Waals surface area contributed by atoms with Gasteiger partial charge in [-0.3, -0.25) is 9.89 Å².